The third-order valence-electron chi connectivity index (χ3n) is 7.98. The van der Waals surface area contributed by atoms with Crippen molar-refractivity contribution in [3.8, 4) is 39.8 Å². The minimum atomic E-state index is 0.363. The number of ether oxygens (including phenoxy) is 1. The van der Waals surface area contributed by atoms with Gasteiger partial charge in [-0.2, -0.15) is 5.10 Å². The SMILES string of the molecule is COc1nccc2nc(-c3ccc(CN4CCC(c5n[nH]c(-c6ccccn6)n5)CC4)cc3)c(-c3ccccc3)cc12. The fourth-order valence-electron chi connectivity index (χ4n) is 5.74. The summed E-state index contributed by atoms with van der Waals surface area (Å²) in [4.78, 5) is 21.1. The van der Waals surface area contributed by atoms with E-state index in [1.54, 1.807) is 19.5 Å². The first kappa shape index (κ1) is 26.0. The third-order valence-corrected chi connectivity index (χ3v) is 7.98. The van der Waals surface area contributed by atoms with Gasteiger partial charge in [-0.15, -0.1) is 0 Å². The topological polar surface area (TPSA) is 92.7 Å². The van der Waals surface area contributed by atoms with E-state index in [0.717, 1.165) is 83.1 Å². The summed E-state index contributed by atoms with van der Waals surface area (Å²) >= 11 is 0. The Morgan fingerprint density at radius 1 is 0.833 bits per heavy atom. The summed E-state index contributed by atoms with van der Waals surface area (Å²) in [5.41, 5.74) is 7.18. The van der Waals surface area contributed by atoms with E-state index >= 15 is 0 Å². The van der Waals surface area contributed by atoms with Gasteiger partial charge in [0.25, 0.3) is 0 Å². The Hall–Kier alpha value is -4.95. The molecule has 0 bridgehead atoms. The van der Waals surface area contributed by atoms with Crippen molar-refractivity contribution in [3.05, 3.63) is 109 Å². The summed E-state index contributed by atoms with van der Waals surface area (Å²) in [6, 6.07) is 29.1. The van der Waals surface area contributed by atoms with Crippen LogP contribution in [0.3, 0.4) is 0 Å². The molecule has 4 aromatic heterocycles. The Morgan fingerprint density at radius 2 is 1.64 bits per heavy atom. The predicted molar refractivity (Wildman–Crippen MR) is 164 cm³/mol. The van der Waals surface area contributed by atoms with Crippen LogP contribution >= 0.6 is 0 Å². The molecule has 1 fully saturated rings. The van der Waals surface area contributed by atoms with Crippen LogP contribution in [0.15, 0.2) is 97.3 Å². The molecule has 42 heavy (non-hydrogen) atoms. The Balaban J connectivity index is 1.07. The molecule has 0 spiro atoms. The second-order valence-electron chi connectivity index (χ2n) is 10.6. The normalized spacial score (nSPS) is 14.3. The fourth-order valence-corrected chi connectivity index (χ4v) is 5.74. The Kier molecular flexibility index (Phi) is 7.12. The molecule has 0 saturated carbocycles. The van der Waals surface area contributed by atoms with Crippen LogP contribution in [0.25, 0.3) is 44.8 Å². The average Bonchev–Trinajstić information content (AvgIpc) is 3.56. The highest BCUT2D eigenvalue weighted by molar-refractivity contribution is 5.93. The molecule has 6 aromatic rings. The van der Waals surface area contributed by atoms with Crippen molar-refractivity contribution in [2.45, 2.75) is 25.3 Å². The number of piperidine rings is 1. The number of methoxy groups -OCH3 is 1. The summed E-state index contributed by atoms with van der Waals surface area (Å²) < 4.78 is 5.54. The zero-order valence-electron chi connectivity index (χ0n) is 23.4. The predicted octanol–water partition coefficient (Wildman–Crippen LogP) is 6.53. The minimum absolute atomic E-state index is 0.363. The Bertz CT molecular complexity index is 1800. The lowest BCUT2D eigenvalue weighted by molar-refractivity contribution is 0.202. The molecule has 1 N–H and O–H groups in total. The summed E-state index contributed by atoms with van der Waals surface area (Å²) in [5, 5.41) is 8.48. The van der Waals surface area contributed by atoms with E-state index < -0.39 is 0 Å². The number of nitrogens with zero attached hydrogens (tertiary/aromatic N) is 6. The zero-order valence-corrected chi connectivity index (χ0v) is 23.4. The van der Waals surface area contributed by atoms with Gasteiger partial charge in [-0.05, 0) is 61.3 Å². The van der Waals surface area contributed by atoms with Crippen LogP contribution in [0.1, 0.15) is 30.1 Å². The Labute approximate surface area is 244 Å². The molecule has 2 aromatic carbocycles. The van der Waals surface area contributed by atoms with Gasteiger partial charge >= 0.3 is 0 Å². The lowest BCUT2D eigenvalue weighted by Gasteiger charge is -2.30. The van der Waals surface area contributed by atoms with Crippen LogP contribution in [-0.4, -0.2) is 55.2 Å². The molecule has 5 heterocycles. The first-order valence-electron chi connectivity index (χ1n) is 14.3. The van der Waals surface area contributed by atoms with E-state index in [9.17, 15) is 0 Å². The standard InChI is InChI=1S/C34H31N7O/c1-42-34-28-21-27(24-7-3-2-4-8-24)31(37-29(28)14-18-36-34)25-12-10-23(11-13-25)22-41-19-15-26(16-20-41)32-38-33(40-39-32)30-9-5-6-17-35-30/h2-14,17-18,21,26H,15-16,19-20,22H2,1H3,(H,38,39,40). The third kappa shape index (κ3) is 5.24. The highest BCUT2D eigenvalue weighted by atomic mass is 16.5. The highest BCUT2D eigenvalue weighted by Gasteiger charge is 2.24. The number of likely N-dealkylation sites (tertiary alicyclic amines) is 1. The second kappa shape index (κ2) is 11.5. The van der Waals surface area contributed by atoms with Crippen LogP contribution in [-0.2, 0) is 6.54 Å². The number of pyridine rings is 3. The molecule has 0 amide bonds. The number of rotatable bonds is 7. The van der Waals surface area contributed by atoms with Crippen LogP contribution < -0.4 is 4.74 Å². The van der Waals surface area contributed by atoms with Crippen LogP contribution in [0.5, 0.6) is 5.88 Å². The van der Waals surface area contributed by atoms with Crippen LogP contribution in [0.2, 0.25) is 0 Å². The molecule has 0 unspecified atom stereocenters. The lowest BCUT2D eigenvalue weighted by atomic mass is 9.95. The number of hydrogen-bond donors (Lipinski definition) is 1. The molecule has 1 saturated heterocycles. The van der Waals surface area contributed by atoms with Gasteiger partial charge in [0.15, 0.2) is 11.6 Å². The number of aromatic nitrogens is 6. The summed E-state index contributed by atoms with van der Waals surface area (Å²) in [6.07, 6.45) is 5.60. The fraction of sp³-hybridized carbons (Fsp3) is 0.206. The molecular formula is C34H31N7O. The Morgan fingerprint density at radius 3 is 2.40 bits per heavy atom. The number of H-pyrrole nitrogens is 1. The van der Waals surface area contributed by atoms with E-state index in [1.807, 2.05) is 30.3 Å². The maximum atomic E-state index is 5.54. The second-order valence-corrected chi connectivity index (χ2v) is 10.6. The zero-order chi connectivity index (χ0) is 28.3. The molecule has 208 valence electrons. The maximum absolute atomic E-state index is 5.54. The monoisotopic (exact) mass is 553 g/mol. The van der Waals surface area contributed by atoms with Crippen LogP contribution in [0, 0.1) is 0 Å². The molecule has 0 radical (unpaired) electrons. The van der Waals surface area contributed by atoms with Crippen molar-refractivity contribution in [1.82, 2.24) is 35.0 Å². The molecule has 0 atom stereocenters. The van der Waals surface area contributed by atoms with Crippen molar-refractivity contribution in [2.24, 2.45) is 0 Å². The molecular weight excluding hydrogens is 522 g/mol. The number of nitrogens with one attached hydrogen (secondary N) is 1. The molecule has 0 aliphatic carbocycles. The number of fused-ring (bicyclic) bond motifs is 1. The molecule has 8 nitrogen and oxygen atoms in total. The minimum Gasteiger partial charge on any atom is -0.481 e. The van der Waals surface area contributed by atoms with Crippen molar-refractivity contribution in [3.63, 3.8) is 0 Å². The highest BCUT2D eigenvalue weighted by Crippen LogP contribution is 2.36. The van der Waals surface area contributed by atoms with Gasteiger partial charge < -0.3 is 4.74 Å². The van der Waals surface area contributed by atoms with Crippen molar-refractivity contribution < 1.29 is 4.74 Å². The van der Waals surface area contributed by atoms with Gasteiger partial charge in [-0.3, -0.25) is 15.0 Å². The number of benzene rings is 2. The maximum Gasteiger partial charge on any atom is 0.222 e. The van der Waals surface area contributed by atoms with Crippen molar-refractivity contribution in [1.29, 1.82) is 0 Å². The van der Waals surface area contributed by atoms with E-state index in [2.05, 4.69) is 79.7 Å². The van der Waals surface area contributed by atoms with Gasteiger partial charge in [0.2, 0.25) is 5.88 Å². The quantitative estimate of drug-likeness (QED) is 0.240. The van der Waals surface area contributed by atoms with E-state index in [4.69, 9.17) is 14.7 Å². The molecule has 1 aliphatic rings. The van der Waals surface area contributed by atoms with Gasteiger partial charge in [-0.1, -0.05) is 60.7 Å². The average molecular weight is 554 g/mol. The first-order valence-corrected chi connectivity index (χ1v) is 14.3. The van der Waals surface area contributed by atoms with Gasteiger partial charge in [-0.25, -0.2) is 15.0 Å². The van der Waals surface area contributed by atoms with Gasteiger partial charge in [0.1, 0.15) is 5.69 Å². The summed E-state index contributed by atoms with van der Waals surface area (Å²) in [6.45, 7) is 2.94. The van der Waals surface area contributed by atoms with E-state index in [-0.39, 0.29) is 0 Å². The van der Waals surface area contributed by atoms with E-state index in [1.165, 1.54) is 5.56 Å². The molecule has 1 aliphatic heterocycles. The summed E-state index contributed by atoms with van der Waals surface area (Å²) in [7, 11) is 1.65. The lowest BCUT2D eigenvalue weighted by Crippen LogP contribution is -2.32. The first-order chi connectivity index (χ1) is 20.7. The molecule has 8 heteroatoms. The number of hydrogen-bond acceptors (Lipinski definition) is 7. The van der Waals surface area contributed by atoms with Crippen molar-refractivity contribution in [2.75, 3.05) is 20.2 Å². The van der Waals surface area contributed by atoms with Crippen LogP contribution in [0.4, 0.5) is 0 Å². The summed E-state index contributed by atoms with van der Waals surface area (Å²) in [5.74, 6) is 2.58. The smallest absolute Gasteiger partial charge is 0.222 e. The number of aromatic amines is 1. The van der Waals surface area contributed by atoms with E-state index in [0.29, 0.717) is 11.8 Å². The van der Waals surface area contributed by atoms with Gasteiger partial charge in [0.05, 0.1) is 23.7 Å². The van der Waals surface area contributed by atoms with Gasteiger partial charge in [0, 0.05) is 36.0 Å². The van der Waals surface area contributed by atoms with Crippen molar-refractivity contribution >= 4 is 10.9 Å². The largest absolute Gasteiger partial charge is 0.481 e. The molecule has 7 rings (SSSR count).